The number of carbonyl (C=O) groups is 1. The van der Waals surface area contributed by atoms with Crippen molar-refractivity contribution in [1.29, 1.82) is 0 Å². The molecule has 0 spiro atoms. The van der Waals surface area contributed by atoms with Gasteiger partial charge in [-0.2, -0.15) is 0 Å². The van der Waals surface area contributed by atoms with E-state index >= 15 is 0 Å². The van der Waals surface area contributed by atoms with Crippen LogP contribution >= 0.6 is 0 Å². The first-order valence-electron chi connectivity index (χ1n) is 6.98. The van der Waals surface area contributed by atoms with Crippen LogP contribution in [-0.2, 0) is 4.74 Å². The molecule has 98 valence electrons. The van der Waals surface area contributed by atoms with Crippen LogP contribution in [0.25, 0.3) is 0 Å². The molecule has 2 fully saturated rings. The molecule has 1 aliphatic carbocycles. The van der Waals surface area contributed by atoms with Crippen molar-refractivity contribution in [1.82, 2.24) is 10.6 Å². The van der Waals surface area contributed by atoms with E-state index in [4.69, 9.17) is 4.74 Å². The maximum atomic E-state index is 11.6. The minimum atomic E-state index is -0.220. The SMILES string of the molecule is O=C(NC1CCNCC1)OCC1CCCCC1. The van der Waals surface area contributed by atoms with E-state index in [-0.39, 0.29) is 6.09 Å². The van der Waals surface area contributed by atoms with Crippen LogP contribution in [0.5, 0.6) is 0 Å². The van der Waals surface area contributed by atoms with Crippen molar-refractivity contribution >= 4 is 6.09 Å². The maximum Gasteiger partial charge on any atom is 0.407 e. The summed E-state index contributed by atoms with van der Waals surface area (Å²) in [5, 5.41) is 6.24. The topological polar surface area (TPSA) is 50.4 Å². The zero-order valence-electron chi connectivity index (χ0n) is 10.5. The highest BCUT2D eigenvalue weighted by Gasteiger charge is 2.18. The van der Waals surface area contributed by atoms with Crippen LogP contribution in [0.3, 0.4) is 0 Å². The molecule has 1 amide bonds. The monoisotopic (exact) mass is 240 g/mol. The number of hydrogen-bond donors (Lipinski definition) is 2. The molecule has 0 unspecified atom stereocenters. The normalized spacial score (nSPS) is 23.3. The number of ether oxygens (including phenoxy) is 1. The van der Waals surface area contributed by atoms with Gasteiger partial charge >= 0.3 is 6.09 Å². The molecule has 0 aromatic rings. The van der Waals surface area contributed by atoms with E-state index in [9.17, 15) is 4.79 Å². The van der Waals surface area contributed by atoms with E-state index < -0.39 is 0 Å². The zero-order chi connectivity index (χ0) is 11.9. The lowest BCUT2D eigenvalue weighted by Crippen LogP contribution is -2.43. The average Bonchev–Trinajstić information content (AvgIpc) is 2.39. The molecule has 0 bridgehead atoms. The predicted octanol–water partition coefficient (Wildman–Crippen LogP) is 2.04. The van der Waals surface area contributed by atoms with Gasteiger partial charge in [-0.3, -0.25) is 0 Å². The first-order chi connectivity index (χ1) is 8.34. The Morgan fingerprint density at radius 1 is 1.12 bits per heavy atom. The Labute approximate surface area is 103 Å². The molecule has 1 aliphatic heterocycles. The minimum absolute atomic E-state index is 0.220. The van der Waals surface area contributed by atoms with Crippen LogP contribution in [0.4, 0.5) is 4.79 Å². The molecule has 1 heterocycles. The van der Waals surface area contributed by atoms with Crippen molar-refractivity contribution in [3.8, 4) is 0 Å². The van der Waals surface area contributed by atoms with Gasteiger partial charge in [0.15, 0.2) is 0 Å². The van der Waals surface area contributed by atoms with Gasteiger partial charge in [-0.25, -0.2) is 4.79 Å². The van der Waals surface area contributed by atoms with E-state index in [2.05, 4.69) is 10.6 Å². The quantitative estimate of drug-likeness (QED) is 0.793. The molecule has 0 atom stereocenters. The first-order valence-corrected chi connectivity index (χ1v) is 6.98. The number of carbonyl (C=O) groups excluding carboxylic acids is 1. The standard InChI is InChI=1S/C13H24N2O2/c16-13(15-12-6-8-14-9-7-12)17-10-11-4-2-1-3-5-11/h11-12,14H,1-10H2,(H,15,16). The van der Waals surface area contributed by atoms with E-state index in [0.717, 1.165) is 25.9 Å². The fraction of sp³-hybridized carbons (Fsp3) is 0.923. The number of amides is 1. The van der Waals surface area contributed by atoms with Crippen molar-refractivity contribution < 1.29 is 9.53 Å². The van der Waals surface area contributed by atoms with Crippen molar-refractivity contribution in [2.75, 3.05) is 19.7 Å². The summed E-state index contributed by atoms with van der Waals surface area (Å²) in [6.45, 7) is 2.60. The van der Waals surface area contributed by atoms with Gasteiger partial charge in [0.2, 0.25) is 0 Å². The molecule has 0 aromatic carbocycles. The maximum absolute atomic E-state index is 11.6. The second-order valence-corrected chi connectivity index (χ2v) is 5.27. The van der Waals surface area contributed by atoms with Gasteiger partial charge in [-0.15, -0.1) is 0 Å². The average molecular weight is 240 g/mol. The molecular formula is C13H24N2O2. The molecule has 0 radical (unpaired) electrons. The lowest BCUT2D eigenvalue weighted by atomic mass is 9.90. The van der Waals surface area contributed by atoms with Crippen LogP contribution in [0, 0.1) is 5.92 Å². The molecule has 17 heavy (non-hydrogen) atoms. The minimum Gasteiger partial charge on any atom is -0.449 e. The van der Waals surface area contributed by atoms with Gasteiger partial charge in [0.1, 0.15) is 0 Å². The number of piperidine rings is 1. The third kappa shape index (κ3) is 4.54. The van der Waals surface area contributed by atoms with Gasteiger partial charge in [0, 0.05) is 6.04 Å². The second-order valence-electron chi connectivity index (χ2n) is 5.27. The van der Waals surface area contributed by atoms with Gasteiger partial charge in [-0.05, 0) is 44.7 Å². The summed E-state index contributed by atoms with van der Waals surface area (Å²) >= 11 is 0. The van der Waals surface area contributed by atoms with Crippen molar-refractivity contribution in [3.63, 3.8) is 0 Å². The van der Waals surface area contributed by atoms with Gasteiger partial charge < -0.3 is 15.4 Å². The number of alkyl carbamates (subject to hydrolysis) is 1. The summed E-state index contributed by atoms with van der Waals surface area (Å²) in [5.41, 5.74) is 0. The molecule has 4 nitrogen and oxygen atoms in total. The number of nitrogens with one attached hydrogen (secondary N) is 2. The highest BCUT2D eigenvalue weighted by Crippen LogP contribution is 2.23. The third-order valence-corrected chi connectivity index (χ3v) is 3.84. The Balaban J connectivity index is 1.59. The fourth-order valence-electron chi connectivity index (χ4n) is 2.72. The molecule has 0 aromatic heterocycles. The first kappa shape index (κ1) is 12.7. The smallest absolute Gasteiger partial charge is 0.407 e. The summed E-state index contributed by atoms with van der Waals surface area (Å²) in [4.78, 5) is 11.6. The summed E-state index contributed by atoms with van der Waals surface area (Å²) in [5.74, 6) is 0.600. The van der Waals surface area contributed by atoms with Crippen LogP contribution in [0.15, 0.2) is 0 Å². The number of hydrogen-bond acceptors (Lipinski definition) is 3. The van der Waals surface area contributed by atoms with Crippen LogP contribution < -0.4 is 10.6 Å². The highest BCUT2D eigenvalue weighted by molar-refractivity contribution is 5.67. The van der Waals surface area contributed by atoms with Crippen LogP contribution in [0.2, 0.25) is 0 Å². The van der Waals surface area contributed by atoms with Crippen molar-refractivity contribution in [2.45, 2.75) is 51.0 Å². The van der Waals surface area contributed by atoms with Gasteiger partial charge in [0.25, 0.3) is 0 Å². The molecule has 2 N–H and O–H groups in total. The Morgan fingerprint density at radius 3 is 2.53 bits per heavy atom. The third-order valence-electron chi connectivity index (χ3n) is 3.84. The van der Waals surface area contributed by atoms with E-state index in [1.807, 2.05) is 0 Å². The summed E-state index contributed by atoms with van der Waals surface area (Å²) < 4.78 is 5.31. The van der Waals surface area contributed by atoms with Gasteiger partial charge in [0.05, 0.1) is 6.61 Å². The molecular weight excluding hydrogens is 216 g/mol. The Kier molecular flexibility index (Phi) is 5.10. The Hall–Kier alpha value is -0.770. The lowest BCUT2D eigenvalue weighted by molar-refractivity contribution is 0.111. The van der Waals surface area contributed by atoms with Gasteiger partial charge in [-0.1, -0.05) is 19.3 Å². The molecule has 1 saturated heterocycles. The van der Waals surface area contributed by atoms with Crippen LogP contribution in [-0.4, -0.2) is 31.8 Å². The molecule has 2 aliphatic rings. The predicted molar refractivity (Wildman–Crippen MR) is 67.0 cm³/mol. The number of rotatable bonds is 3. The Bertz CT molecular complexity index is 234. The zero-order valence-corrected chi connectivity index (χ0v) is 10.5. The van der Waals surface area contributed by atoms with E-state index in [1.165, 1.54) is 32.1 Å². The van der Waals surface area contributed by atoms with Crippen LogP contribution in [0.1, 0.15) is 44.9 Å². The summed E-state index contributed by atoms with van der Waals surface area (Å²) in [6, 6.07) is 0.301. The fourth-order valence-corrected chi connectivity index (χ4v) is 2.72. The van der Waals surface area contributed by atoms with E-state index in [0.29, 0.717) is 18.6 Å². The molecule has 1 saturated carbocycles. The van der Waals surface area contributed by atoms with E-state index in [1.54, 1.807) is 0 Å². The lowest BCUT2D eigenvalue weighted by Gasteiger charge is -2.25. The van der Waals surface area contributed by atoms with Crippen molar-refractivity contribution in [3.05, 3.63) is 0 Å². The van der Waals surface area contributed by atoms with Crippen molar-refractivity contribution in [2.24, 2.45) is 5.92 Å². The highest BCUT2D eigenvalue weighted by atomic mass is 16.5. The molecule has 2 rings (SSSR count). The Morgan fingerprint density at radius 2 is 1.82 bits per heavy atom. The largest absolute Gasteiger partial charge is 0.449 e. The summed E-state index contributed by atoms with van der Waals surface area (Å²) in [7, 11) is 0. The molecule has 4 heteroatoms. The summed E-state index contributed by atoms with van der Waals surface area (Å²) in [6.07, 6.45) is 8.19. The second kappa shape index (κ2) is 6.84.